The van der Waals surface area contributed by atoms with Gasteiger partial charge in [0.05, 0.1) is 4.99 Å². The van der Waals surface area contributed by atoms with Crippen molar-refractivity contribution in [2.75, 3.05) is 0 Å². The van der Waals surface area contributed by atoms with E-state index in [1.54, 1.807) is 0 Å². The molecule has 2 aromatic rings. The van der Waals surface area contributed by atoms with Crippen molar-refractivity contribution in [1.82, 2.24) is 0 Å². The number of ether oxygens (including phenoxy) is 1. The number of hydrogen-bond acceptors (Lipinski definition) is 2. The largest absolute Gasteiger partial charge is 0.457 e. The van der Waals surface area contributed by atoms with Crippen molar-refractivity contribution in [3.63, 3.8) is 0 Å². The molecule has 0 radical (unpaired) electrons. The summed E-state index contributed by atoms with van der Waals surface area (Å²) in [6.07, 6.45) is 2.79. The lowest BCUT2D eigenvalue weighted by Crippen LogP contribution is -2.07. The minimum Gasteiger partial charge on any atom is -0.457 e. The van der Waals surface area contributed by atoms with Crippen molar-refractivity contribution < 1.29 is 4.74 Å². The molecule has 0 saturated heterocycles. The first-order valence-corrected chi connectivity index (χ1v) is 7.17. The molecule has 0 fully saturated rings. The number of aryl methyl sites for hydroxylation is 2. The highest BCUT2D eigenvalue weighted by molar-refractivity contribution is 7.80. The van der Waals surface area contributed by atoms with E-state index in [9.17, 15) is 0 Å². The fraction of sp³-hybridized carbons (Fsp3) is 0.235. The van der Waals surface area contributed by atoms with Crippen LogP contribution in [0.3, 0.4) is 0 Å². The minimum absolute atomic E-state index is 0.590. The molecule has 0 amide bonds. The molecule has 104 valence electrons. The predicted molar refractivity (Wildman–Crippen MR) is 87.4 cm³/mol. The highest BCUT2D eigenvalue weighted by Gasteiger charge is 2.03. The molecule has 2 N–H and O–H groups in total. The SMILES string of the molecule is Cc1cc(Oc2ccccc2)ccc1CCCC(N)=S. The Hall–Kier alpha value is -1.87. The topological polar surface area (TPSA) is 35.2 Å². The Balaban J connectivity index is 2.00. The summed E-state index contributed by atoms with van der Waals surface area (Å²) in [7, 11) is 0. The van der Waals surface area contributed by atoms with Gasteiger partial charge in [-0.05, 0) is 61.6 Å². The molecule has 0 aliphatic heterocycles. The van der Waals surface area contributed by atoms with Gasteiger partial charge in [-0.15, -0.1) is 0 Å². The average Bonchev–Trinajstić information content (AvgIpc) is 2.42. The summed E-state index contributed by atoms with van der Waals surface area (Å²) in [5.74, 6) is 1.72. The molecule has 0 bridgehead atoms. The second-order valence-electron chi connectivity index (χ2n) is 4.82. The van der Waals surface area contributed by atoms with Gasteiger partial charge in [-0.25, -0.2) is 0 Å². The molecule has 0 aliphatic rings. The number of hydrogen-bond donors (Lipinski definition) is 1. The Labute approximate surface area is 125 Å². The summed E-state index contributed by atoms with van der Waals surface area (Å²) in [5.41, 5.74) is 8.07. The zero-order valence-corrected chi connectivity index (χ0v) is 12.5. The zero-order valence-electron chi connectivity index (χ0n) is 11.6. The lowest BCUT2D eigenvalue weighted by molar-refractivity contribution is 0.482. The second kappa shape index (κ2) is 7.06. The van der Waals surface area contributed by atoms with Gasteiger partial charge in [0.25, 0.3) is 0 Å². The van der Waals surface area contributed by atoms with E-state index in [-0.39, 0.29) is 0 Å². The maximum atomic E-state index is 5.82. The maximum absolute atomic E-state index is 5.82. The van der Waals surface area contributed by atoms with Crippen molar-refractivity contribution >= 4 is 17.2 Å². The summed E-state index contributed by atoms with van der Waals surface area (Å²) < 4.78 is 5.82. The van der Waals surface area contributed by atoms with Gasteiger partial charge in [0.1, 0.15) is 11.5 Å². The monoisotopic (exact) mass is 285 g/mol. The third-order valence-electron chi connectivity index (χ3n) is 3.16. The molecule has 2 aromatic carbocycles. The number of benzene rings is 2. The molecule has 0 spiro atoms. The van der Waals surface area contributed by atoms with E-state index >= 15 is 0 Å². The number of nitrogens with two attached hydrogens (primary N) is 1. The summed E-state index contributed by atoms with van der Waals surface area (Å²) in [5, 5.41) is 0. The van der Waals surface area contributed by atoms with Crippen LogP contribution in [0.5, 0.6) is 11.5 Å². The van der Waals surface area contributed by atoms with E-state index in [4.69, 9.17) is 22.7 Å². The first kappa shape index (κ1) is 14.5. The summed E-state index contributed by atoms with van der Waals surface area (Å²) in [6.45, 7) is 2.11. The molecule has 0 saturated carbocycles. The molecule has 2 rings (SSSR count). The van der Waals surface area contributed by atoms with E-state index in [2.05, 4.69) is 19.1 Å². The highest BCUT2D eigenvalue weighted by atomic mass is 32.1. The minimum atomic E-state index is 0.590. The van der Waals surface area contributed by atoms with Crippen LogP contribution in [0.1, 0.15) is 24.0 Å². The molecule has 20 heavy (non-hydrogen) atoms. The van der Waals surface area contributed by atoms with E-state index in [1.165, 1.54) is 11.1 Å². The van der Waals surface area contributed by atoms with Crippen LogP contribution in [-0.2, 0) is 6.42 Å². The van der Waals surface area contributed by atoms with Crippen LogP contribution in [0.15, 0.2) is 48.5 Å². The van der Waals surface area contributed by atoms with E-state index < -0.39 is 0 Å². The Morgan fingerprint density at radius 3 is 2.50 bits per heavy atom. The number of para-hydroxylation sites is 1. The first-order chi connectivity index (χ1) is 9.65. The van der Waals surface area contributed by atoms with Crippen LogP contribution >= 0.6 is 12.2 Å². The van der Waals surface area contributed by atoms with E-state index in [0.717, 1.165) is 30.8 Å². The van der Waals surface area contributed by atoms with Crippen LogP contribution in [0.2, 0.25) is 0 Å². The molecule has 0 heterocycles. The molecule has 0 atom stereocenters. The molecule has 0 unspecified atom stereocenters. The van der Waals surface area contributed by atoms with Gasteiger partial charge in [-0.1, -0.05) is 36.5 Å². The van der Waals surface area contributed by atoms with Gasteiger partial charge in [0, 0.05) is 0 Å². The number of rotatable bonds is 6. The highest BCUT2D eigenvalue weighted by Crippen LogP contribution is 2.24. The Kier molecular flexibility index (Phi) is 5.13. The molecule has 0 aromatic heterocycles. The van der Waals surface area contributed by atoms with Crippen molar-refractivity contribution in [1.29, 1.82) is 0 Å². The van der Waals surface area contributed by atoms with Gasteiger partial charge in [-0.3, -0.25) is 0 Å². The van der Waals surface area contributed by atoms with Gasteiger partial charge < -0.3 is 10.5 Å². The Morgan fingerprint density at radius 1 is 1.10 bits per heavy atom. The van der Waals surface area contributed by atoms with E-state index in [1.807, 2.05) is 36.4 Å². The average molecular weight is 285 g/mol. The summed E-state index contributed by atoms with van der Waals surface area (Å²) in [6, 6.07) is 16.0. The molecular weight excluding hydrogens is 266 g/mol. The lowest BCUT2D eigenvalue weighted by atomic mass is 10.0. The van der Waals surface area contributed by atoms with Crippen molar-refractivity contribution in [2.45, 2.75) is 26.2 Å². The van der Waals surface area contributed by atoms with Gasteiger partial charge >= 0.3 is 0 Å². The van der Waals surface area contributed by atoms with Crippen LogP contribution in [0.25, 0.3) is 0 Å². The smallest absolute Gasteiger partial charge is 0.127 e. The Bertz CT molecular complexity index is 581. The zero-order chi connectivity index (χ0) is 14.4. The van der Waals surface area contributed by atoms with Crippen molar-refractivity contribution in [3.05, 3.63) is 59.7 Å². The molecule has 0 aliphatic carbocycles. The first-order valence-electron chi connectivity index (χ1n) is 6.76. The second-order valence-corrected chi connectivity index (χ2v) is 5.35. The normalized spacial score (nSPS) is 10.2. The van der Waals surface area contributed by atoms with Gasteiger partial charge in [-0.2, -0.15) is 0 Å². The van der Waals surface area contributed by atoms with Crippen LogP contribution in [0, 0.1) is 6.92 Å². The van der Waals surface area contributed by atoms with Crippen molar-refractivity contribution in [3.8, 4) is 11.5 Å². The van der Waals surface area contributed by atoms with Gasteiger partial charge in [0.15, 0.2) is 0 Å². The van der Waals surface area contributed by atoms with Crippen molar-refractivity contribution in [2.24, 2.45) is 5.73 Å². The van der Waals surface area contributed by atoms with E-state index in [0.29, 0.717) is 4.99 Å². The van der Waals surface area contributed by atoms with Crippen LogP contribution in [-0.4, -0.2) is 4.99 Å². The summed E-state index contributed by atoms with van der Waals surface area (Å²) in [4.78, 5) is 0.590. The Morgan fingerprint density at radius 2 is 1.85 bits per heavy atom. The predicted octanol–water partition coefficient (Wildman–Crippen LogP) is 4.40. The lowest BCUT2D eigenvalue weighted by Gasteiger charge is -2.10. The number of thiocarbonyl (C=S) groups is 1. The molecule has 2 nitrogen and oxygen atoms in total. The quantitative estimate of drug-likeness (QED) is 0.799. The molecule has 3 heteroatoms. The summed E-state index contributed by atoms with van der Waals surface area (Å²) >= 11 is 4.90. The van der Waals surface area contributed by atoms with Crippen LogP contribution < -0.4 is 10.5 Å². The third kappa shape index (κ3) is 4.35. The van der Waals surface area contributed by atoms with Gasteiger partial charge in [0.2, 0.25) is 0 Å². The standard InChI is InChI=1S/C17H19NOS/c1-13-12-16(19-15-7-3-2-4-8-15)11-10-14(13)6-5-9-17(18)20/h2-4,7-8,10-12H,5-6,9H2,1H3,(H2,18,20). The maximum Gasteiger partial charge on any atom is 0.127 e. The molecular formula is C17H19NOS. The van der Waals surface area contributed by atoms with Crippen LogP contribution in [0.4, 0.5) is 0 Å². The third-order valence-corrected chi connectivity index (χ3v) is 3.37. The fourth-order valence-electron chi connectivity index (χ4n) is 2.09. The fourth-order valence-corrected chi connectivity index (χ4v) is 2.23.